The Labute approximate surface area is 278 Å². The molecule has 1 aliphatic rings. The maximum absolute atomic E-state index is 15.8. The number of aryl methyl sites for hydroxylation is 1. The van der Waals surface area contributed by atoms with Gasteiger partial charge >= 0.3 is 16.3 Å². The summed E-state index contributed by atoms with van der Waals surface area (Å²) in [5.41, 5.74) is 1.41. The molecule has 5 rings (SSSR count). The predicted molar refractivity (Wildman–Crippen MR) is 181 cm³/mol. The van der Waals surface area contributed by atoms with E-state index in [1.165, 1.54) is 24.5 Å². The standard InChI is InChI=1S/C32H39FN8O4S2/c1-7-40(6)47(43,44)39-24-10-8-9-23(27(24)33)28-29(46-20(2)36-28)25-13-16-34-30(37-25)38-26-12-11-22(19-35-26)21-14-17-41(18-15-21)31(42)45-32(3,4)5/h8-13,16,19,21,39H,7,14-15,17-18H2,1-6H3,(H,34,35,37,38). The highest BCUT2D eigenvalue weighted by atomic mass is 32.2. The van der Waals surface area contributed by atoms with Gasteiger partial charge in [-0.2, -0.15) is 12.7 Å². The van der Waals surface area contributed by atoms with Crippen LogP contribution in [0.2, 0.25) is 0 Å². The molecule has 4 aromatic rings. The van der Waals surface area contributed by atoms with Gasteiger partial charge < -0.3 is 15.0 Å². The monoisotopic (exact) mass is 682 g/mol. The van der Waals surface area contributed by atoms with Crippen LogP contribution in [0.3, 0.4) is 0 Å². The van der Waals surface area contributed by atoms with E-state index in [9.17, 15) is 13.2 Å². The van der Waals surface area contributed by atoms with Gasteiger partial charge in [0, 0.05) is 44.6 Å². The number of carbonyl (C=O) groups excluding carboxylic acids is 1. The van der Waals surface area contributed by atoms with Gasteiger partial charge in [-0.3, -0.25) is 4.72 Å². The van der Waals surface area contributed by atoms with Crippen LogP contribution in [0.5, 0.6) is 0 Å². The lowest BCUT2D eigenvalue weighted by Crippen LogP contribution is -2.41. The lowest BCUT2D eigenvalue weighted by molar-refractivity contribution is 0.0204. The Morgan fingerprint density at radius 1 is 1.13 bits per heavy atom. The van der Waals surface area contributed by atoms with Crippen LogP contribution >= 0.6 is 11.3 Å². The zero-order chi connectivity index (χ0) is 33.9. The molecule has 4 heterocycles. The van der Waals surface area contributed by atoms with Crippen LogP contribution in [-0.2, 0) is 14.9 Å². The van der Waals surface area contributed by atoms with Crippen molar-refractivity contribution in [1.29, 1.82) is 0 Å². The molecule has 47 heavy (non-hydrogen) atoms. The highest BCUT2D eigenvalue weighted by Gasteiger charge is 2.28. The summed E-state index contributed by atoms with van der Waals surface area (Å²) in [5, 5.41) is 3.83. The molecular weight excluding hydrogens is 644 g/mol. The van der Waals surface area contributed by atoms with Crippen molar-refractivity contribution in [3.63, 3.8) is 0 Å². The van der Waals surface area contributed by atoms with Crippen molar-refractivity contribution in [3.05, 3.63) is 65.2 Å². The normalized spacial score (nSPS) is 14.3. The minimum absolute atomic E-state index is 0.144. The second-order valence-electron chi connectivity index (χ2n) is 12.2. The maximum atomic E-state index is 15.8. The average Bonchev–Trinajstić information content (AvgIpc) is 3.42. The number of nitrogens with one attached hydrogen (secondary N) is 2. The molecule has 0 atom stereocenters. The van der Waals surface area contributed by atoms with Crippen molar-refractivity contribution in [3.8, 4) is 21.8 Å². The van der Waals surface area contributed by atoms with Gasteiger partial charge in [-0.1, -0.05) is 19.1 Å². The van der Waals surface area contributed by atoms with E-state index < -0.39 is 21.6 Å². The number of thiazole rings is 1. The molecule has 2 N–H and O–H groups in total. The summed E-state index contributed by atoms with van der Waals surface area (Å²) in [6, 6.07) is 10.1. The van der Waals surface area contributed by atoms with E-state index in [2.05, 4.69) is 30.0 Å². The molecule has 1 fully saturated rings. The van der Waals surface area contributed by atoms with Crippen molar-refractivity contribution in [2.24, 2.45) is 0 Å². The Bertz CT molecular complexity index is 1840. The zero-order valence-corrected chi connectivity index (χ0v) is 28.9. The number of aromatic nitrogens is 4. The molecule has 1 amide bonds. The van der Waals surface area contributed by atoms with Gasteiger partial charge in [0.05, 0.1) is 27.0 Å². The predicted octanol–water partition coefficient (Wildman–Crippen LogP) is 6.58. The molecule has 0 bridgehead atoms. The number of benzene rings is 1. The summed E-state index contributed by atoms with van der Waals surface area (Å²) in [6.07, 6.45) is 4.78. The van der Waals surface area contributed by atoms with Crippen molar-refractivity contribution < 1.29 is 22.3 Å². The topological polar surface area (TPSA) is 143 Å². The zero-order valence-electron chi connectivity index (χ0n) is 27.2. The number of ether oxygens (including phenoxy) is 1. The van der Waals surface area contributed by atoms with Crippen LogP contribution in [0.15, 0.2) is 48.8 Å². The van der Waals surface area contributed by atoms with Crippen molar-refractivity contribution >= 4 is 45.1 Å². The van der Waals surface area contributed by atoms with Crippen LogP contribution in [0.4, 0.5) is 26.6 Å². The highest BCUT2D eigenvalue weighted by Crippen LogP contribution is 2.39. The van der Waals surface area contributed by atoms with Gasteiger partial charge in [-0.25, -0.2) is 29.1 Å². The first kappa shape index (κ1) is 34.1. The van der Waals surface area contributed by atoms with Gasteiger partial charge in [-0.15, -0.1) is 11.3 Å². The molecule has 12 nitrogen and oxygen atoms in total. The third-order valence-electron chi connectivity index (χ3n) is 7.62. The van der Waals surface area contributed by atoms with Gasteiger partial charge in [0.15, 0.2) is 5.82 Å². The molecule has 0 aliphatic carbocycles. The molecule has 1 aromatic carbocycles. The van der Waals surface area contributed by atoms with E-state index in [0.717, 1.165) is 22.7 Å². The Morgan fingerprint density at radius 3 is 2.53 bits per heavy atom. The summed E-state index contributed by atoms with van der Waals surface area (Å²) in [7, 11) is -2.51. The van der Waals surface area contributed by atoms with Crippen LogP contribution < -0.4 is 10.0 Å². The average molecular weight is 683 g/mol. The summed E-state index contributed by atoms with van der Waals surface area (Å²) in [6.45, 7) is 10.6. The second kappa shape index (κ2) is 13.9. The Balaban J connectivity index is 1.30. The van der Waals surface area contributed by atoms with Gasteiger partial charge in [0.25, 0.3) is 0 Å². The number of carbonyl (C=O) groups is 1. The molecule has 3 aromatic heterocycles. The van der Waals surface area contributed by atoms with Crippen LogP contribution in [-0.4, -0.2) is 75.9 Å². The maximum Gasteiger partial charge on any atom is 0.410 e. The molecule has 0 saturated carbocycles. The molecule has 1 aliphatic heterocycles. The molecule has 0 unspecified atom stereocenters. The van der Waals surface area contributed by atoms with E-state index in [1.807, 2.05) is 46.0 Å². The Kier molecular flexibility index (Phi) is 10.1. The van der Waals surface area contributed by atoms with Crippen LogP contribution in [0.25, 0.3) is 21.8 Å². The molecule has 0 radical (unpaired) electrons. The number of amides is 1. The van der Waals surface area contributed by atoms with E-state index in [1.54, 1.807) is 36.2 Å². The fourth-order valence-corrected chi connectivity index (χ4v) is 6.90. The molecule has 15 heteroatoms. The van der Waals surface area contributed by atoms with Crippen molar-refractivity contribution in [2.75, 3.05) is 36.7 Å². The number of halogens is 1. The smallest absolute Gasteiger partial charge is 0.410 e. The number of likely N-dealkylation sites (tertiary alicyclic amines) is 1. The fourth-order valence-electron chi connectivity index (χ4n) is 5.07. The number of hydrogen-bond acceptors (Lipinski definition) is 10. The number of anilines is 3. The number of hydrogen-bond donors (Lipinski definition) is 2. The van der Waals surface area contributed by atoms with Gasteiger partial charge in [0.1, 0.15) is 11.4 Å². The summed E-state index contributed by atoms with van der Waals surface area (Å²) < 4.78 is 49.8. The first-order chi connectivity index (χ1) is 22.2. The Hall–Kier alpha value is -4.21. The van der Waals surface area contributed by atoms with Gasteiger partial charge in [0.2, 0.25) is 5.95 Å². The third-order valence-corrected chi connectivity index (χ3v) is 10.2. The second-order valence-corrected chi connectivity index (χ2v) is 15.2. The molecular formula is C32H39FN8O4S2. The highest BCUT2D eigenvalue weighted by molar-refractivity contribution is 7.90. The molecule has 250 valence electrons. The first-order valence-corrected chi connectivity index (χ1v) is 17.5. The van der Waals surface area contributed by atoms with Crippen molar-refractivity contribution in [2.45, 2.75) is 59.0 Å². The lowest BCUT2D eigenvalue weighted by atomic mass is 9.90. The van der Waals surface area contributed by atoms with Gasteiger partial charge in [-0.05, 0) is 76.3 Å². The minimum Gasteiger partial charge on any atom is -0.444 e. The van der Waals surface area contributed by atoms with E-state index in [0.29, 0.717) is 46.1 Å². The quantitative estimate of drug-likeness (QED) is 0.200. The number of nitrogens with zero attached hydrogens (tertiary/aromatic N) is 6. The van der Waals surface area contributed by atoms with E-state index in [-0.39, 0.29) is 29.8 Å². The number of rotatable bonds is 9. The van der Waals surface area contributed by atoms with Crippen molar-refractivity contribution in [1.82, 2.24) is 29.1 Å². The summed E-state index contributed by atoms with van der Waals surface area (Å²) in [4.78, 5) is 32.9. The third kappa shape index (κ3) is 8.21. The van der Waals surface area contributed by atoms with E-state index >= 15 is 4.39 Å². The number of pyridine rings is 1. The van der Waals surface area contributed by atoms with Crippen LogP contribution in [0.1, 0.15) is 57.0 Å². The largest absolute Gasteiger partial charge is 0.444 e. The SMILES string of the molecule is CCN(C)S(=O)(=O)Nc1cccc(-c2nc(C)sc2-c2ccnc(Nc3ccc(C4CCN(C(=O)OC(C)(C)C)CC4)cn3)n2)c1F. The van der Waals surface area contributed by atoms with Crippen LogP contribution in [0, 0.1) is 12.7 Å². The summed E-state index contributed by atoms with van der Waals surface area (Å²) >= 11 is 1.34. The van der Waals surface area contributed by atoms with E-state index in [4.69, 9.17) is 4.74 Å². The first-order valence-electron chi connectivity index (χ1n) is 15.3. The Morgan fingerprint density at radius 2 is 1.87 bits per heavy atom. The molecule has 0 spiro atoms. The minimum atomic E-state index is -3.93. The number of piperidine rings is 1. The molecule has 1 saturated heterocycles. The summed E-state index contributed by atoms with van der Waals surface area (Å²) in [5.74, 6) is 0.403. The fraction of sp³-hybridized carbons (Fsp3) is 0.406. The lowest BCUT2D eigenvalue weighted by Gasteiger charge is -2.33.